The first-order chi connectivity index (χ1) is 6.58. The van der Waals surface area contributed by atoms with Crippen LogP contribution in [0.3, 0.4) is 0 Å². The van der Waals surface area contributed by atoms with Crippen LogP contribution in [-0.2, 0) is 13.9 Å². The Balaban J connectivity index is 1.75. The Morgan fingerprint density at radius 3 is 2.71 bits per heavy atom. The first-order valence-corrected chi connectivity index (χ1v) is 6.99. The van der Waals surface area contributed by atoms with Crippen LogP contribution in [0.5, 0.6) is 0 Å². The summed E-state index contributed by atoms with van der Waals surface area (Å²) in [5.41, 5.74) is 0.0505. The fraction of sp³-hybridized carbons (Fsp3) is 1.00. The van der Waals surface area contributed by atoms with Crippen molar-refractivity contribution >= 4 is 9.76 Å². The lowest BCUT2D eigenvalue weighted by atomic mass is 10.2. The average molecular weight is 218 g/mol. The van der Waals surface area contributed by atoms with E-state index in [0.717, 1.165) is 26.2 Å². The van der Waals surface area contributed by atoms with Gasteiger partial charge in [0.25, 0.3) is 0 Å². The summed E-state index contributed by atoms with van der Waals surface area (Å²) in [6, 6.07) is 1.21. The standard InChI is InChI=1S/C10H22O3Si/c1-10(2,3)13-14-6-4-5-11-7-9-8-12-9/h9H,4-8,14H2,1-3H3. The molecule has 1 rings (SSSR count). The van der Waals surface area contributed by atoms with E-state index in [-0.39, 0.29) is 15.4 Å². The zero-order valence-electron chi connectivity index (χ0n) is 9.54. The van der Waals surface area contributed by atoms with Gasteiger partial charge in [0, 0.05) is 12.2 Å². The van der Waals surface area contributed by atoms with Crippen molar-refractivity contribution in [1.82, 2.24) is 0 Å². The zero-order valence-corrected chi connectivity index (χ0v) is 11.0. The van der Waals surface area contributed by atoms with E-state index in [1.54, 1.807) is 0 Å². The van der Waals surface area contributed by atoms with E-state index in [4.69, 9.17) is 13.9 Å². The Morgan fingerprint density at radius 1 is 1.43 bits per heavy atom. The van der Waals surface area contributed by atoms with Crippen LogP contribution >= 0.6 is 0 Å². The summed E-state index contributed by atoms with van der Waals surface area (Å²) in [7, 11) is -0.336. The lowest BCUT2D eigenvalue weighted by molar-refractivity contribution is 0.113. The molecule has 0 spiro atoms. The van der Waals surface area contributed by atoms with Crippen LogP contribution < -0.4 is 0 Å². The SMILES string of the molecule is CC(C)(C)O[SiH2]CCCOCC1CO1. The van der Waals surface area contributed by atoms with Crippen LogP contribution in [-0.4, -0.2) is 41.3 Å². The predicted octanol–water partition coefficient (Wildman–Crippen LogP) is 1.11. The van der Waals surface area contributed by atoms with E-state index in [0.29, 0.717) is 6.10 Å². The Bertz CT molecular complexity index is 152. The maximum atomic E-state index is 5.73. The van der Waals surface area contributed by atoms with Gasteiger partial charge >= 0.3 is 0 Å². The molecule has 0 bridgehead atoms. The van der Waals surface area contributed by atoms with E-state index >= 15 is 0 Å². The Labute approximate surface area is 89.1 Å². The molecule has 4 heteroatoms. The van der Waals surface area contributed by atoms with Gasteiger partial charge in [-0.25, -0.2) is 0 Å². The number of hydrogen-bond donors (Lipinski definition) is 0. The minimum Gasteiger partial charge on any atom is -0.419 e. The molecular weight excluding hydrogens is 196 g/mol. The smallest absolute Gasteiger partial charge is 0.162 e. The van der Waals surface area contributed by atoms with Gasteiger partial charge in [0.15, 0.2) is 9.76 Å². The molecule has 0 radical (unpaired) electrons. The van der Waals surface area contributed by atoms with Crippen molar-refractivity contribution in [3.05, 3.63) is 0 Å². The molecule has 1 unspecified atom stereocenters. The minimum atomic E-state index is -0.336. The molecule has 1 saturated heterocycles. The third kappa shape index (κ3) is 7.50. The summed E-state index contributed by atoms with van der Waals surface area (Å²) >= 11 is 0. The largest absolute Gasteiger partial charge is 0.419 e. The first-order valence-electron chi connectivity index (χ1n) is 5.41. The van der Waals surface area contributed by atoms with E-state index in [9.17, 15) is 0 Å². The summed E-state index contributed by atoms with van der Waals surface area (Å²) < 4.78 is 16.2. The van der Waals surface area contributed by atoms with Crippen molar-refractivity contribution in [2.24, 2.45) is 0 Å². The van der Waals surface area contributed by atoms with E-state index in [1.165, 1.54) is 6.04 Å². The molecule has 0 aromatic rings. The van der Waals surface area contributed by atoms with Crippen molar-refractivity contribution in [3.63, 3.8) is 0 Å². The second-order valence-electron chi connectivity index (χ2n) is 4.70. The number of epoxide rings is 1. The molecule has 1 fully saturated rings. The molecule has 1 aliphatic rings. The molecule has 3 nitrogen and oxygen atoms in total. The van der Waals surface area contributed by atoms with Crippen LogP contribution in [0.25, 0.3) is 0 Å². The average Bonchev–Trinajstić information content (AvgIpc) is 2.84. The van der Waals surface area contributed by atoms with Crippen molar-refractivity contribution in [3.8, 4) is 0 Å². The lowest BCUT2D eigenvalue weighted by Crippen LogP contribution is -2.21. The minimum absolute atomic E-state index is 0.0505. The molecule has 84 valence electrons. The third-order valence-electron chi connectivity index (χ3n) is 1.92. The fourth-order valence-electron chi connectivity index (χ4n) is 1.06. The van der Waals surface area contributed by atoms with Crippen LogP contribution in [0.15, 0.2) is 0 Å². The first kappa shape index (κ1) is 12.2. The van der Waals surface area contributed by atoms with Crippen molar-refractivity contribution < 1.29 is 13.9 Å². The molecule has 0 aromatic carbocycles. The number of ether oxygens (including phenoxy) is 2. The van der Waals surface area contributed by atoms with Crippen LogP contribution in [0.4, 0.5) is 0 Å². The maximum Gasteiger partial charge on any atom is 0.162 e. The molecule has 0 aliphatic carbocycles. The molecule has 14 heavy (non-hydrogen) atoms. The topological polar surface area (TPSA) is 31.0 Å². The normalized spacial score (nSPS) is 22.1. The van der Waals surface area contributed by atoms with Gasteiger partial charge in [-0.1, -0.05) is 0 Å². The molecule has 1 atom stereocenters. The third-order valence-corrected chi connectivity index (χ3v) is 3.78. The van der Waals surface area contributed by atoms with Crippen LogP contribution in [0, 0.1) is 0 Å². The molecule has 0 N–H and O–H groups in total. The second kappa shape index (κ2) is 5.85. The van der Waals surface area contributed by atoms with Gasteiger partial charge in [0.05, 0.1) is 13.2 Å². The van der Waals surface area contributed by atoms with Crippen LogP contribution in [0.1, 0.15) is 27.2 Å². The monoisotopic (exact) mass is 218 g/mol. The Kier molecular flexibility index (Phi) is 5.09. The molecule has 0 aromatic heterocycles. The highest BCUT2D eigenvalue weighted by Gasteiger charge is 2.21. The predicted molar refractivity (Wildman–Crippen MR) is 59.4 cm³/mol. The highest BCUT2D eigenvalue weighted by Crippen LogP contribution is 2.09. The van der Waals surface area contributed by atoms with E-state index in [2.05, 4.69) is 20.8 Å². The summed E-state index contributed by atoms with van der Waals surface area (Å²) in [5, 5.41) is 0. The quantitative estimate of drug-likeness (QED) is 0.364. The van der Waals surface area contributed by atoms with Crippen molar-refractivity contribution in [1.29, 1.82) is 0 Å². The number of rotatable bonds is 7. The van der Waals surface area contributed by atoms with Gasteiger partial charge in [-0.3, -0.25) is 0 Å². The van der Waals surface area contributed by atoms with Crippen molar-refractivity contribution in [2.75, 3.05) is 19.8 Å². The van der Waals surface area contributed by atoms with Gasteiger partial charge in [-0.15, -0.1) is 0 Å². The summed E-state index contributed by atoms with van der Waals surface area (Å²) in [6.07, 6.45) is 1.53. The molecule has 0 saturated carbocycles. The summed E-state index contributed by atoms with van der Waals surface area (Å²) in [5.74, 6) is 0. The van der Waals surface area contributed by atoms with E-state index in [1.807, 2.05) is 0 Å². The Morgan fingerprint density at radius 2 is 2.14 bits per heavy atom. The zero-order chi connectivity index (χ0) is 10.4. The fourth-order valence-corrected chi connectivity index (χ4v) is 2.23. The molecule has 0 amide bonds. The van der Waals surface area contributed by atoms with Gasteiger partial charge in [-0.05, 0) is 33.2 Å². The lowest BCUT2D eigenvalue weighted by Gasteiger charge is -2.19. The molecule has 1 heterocycles. The number of hydrogen-bond acceptors (Lipinski definition) is 3. The summed E-state index contributed by atoms with van der Waals surface area (Å²) in [4.78, 5) is 0. The van der Waals surface area contributed by atoms with Gasteiger partial charge in [0.2, 0.25) is 0 Å². The van der Waals surface area contributed by atoms with Gasteiger partial charge in [-0.2, -0.15) is 0 Å². The van der Waals surface area contributed by atoms with Crippen molar-refractivity contribution in [2.45, 2.75) is 44.9 Å². The highest BCUT2D eigenvalue weighted by molar-refractivity contribution is 6.27. The highest BCUT2D eigenvalue weighted by atomic mass is 28.2. The van der Waals surface area contributed by atoms with E-state index < -0.39 is 0 Å². The summed E-state index contributed by atoms with van der Waals surface area (Å²) in [6.45, 7) is 8.87. The van der Waals surface area contributed by atoms with Gasteiger partial charge in [0.1, 0.15) is 6.10 Å². The Hall–Kier alpha value is 0.0969. The molecular formula is C10H22O3Si. The van der Waals surface area contributed by atoms with Crippen LogP contribution in [0.2, 0.25) is 6.04 Å². The maximum absolute atomic E-state index is 5.73. The molecule has 1 aliphatic heterocycles. The van der Waals surface area contributed by atoms with Gasteiger partial charge < -0.3 is 13.9 Å². The second-order valence-corrected chi connectivity index (χ2v) is 6.10.